The Bertz CT molecular complexity index is 180. The molecule has 0 heteroatoms. The van der Waals surface area contributed by atoms with Crippen molar-refractivity contribution >= 4 is 0 Å². The number of hydrogen-bond donors (Lipinski definition) is 0. The predicted octanol–water partition coefficient (Wildman–Crippen LogP) is 4.73. The molecule has 1 rings (SSSR count). The van der Waals surface area contributed by atoms with Gasteiger partial charge in [-0.05, 0) is 50.9 Å². The molecule has 0 saturated heterocycles. The lowest BCUT2D eigenvalue weighted by Crippen LogP contribution is -2.10. The van der Waals surface area contributed by atoms with Crippen molar-refractivity contribution in [3.8, 4) is 0 Å². The molecule has 0 atom stereocenters. The maximum atomic E-state index is 2.45. The van der Waals surface area contributed by atoms with Gasteiger partial charge in [0.15, 0.2) is 0 Å². The van der Waals surface area contributed by atoms with E-state index in [1.807, 2.05) is 0 Å². The molecule has 0 nitrogen and oxygen atoms in total. The molecule has 1 fully saturated rings. The van der Waals surface area contributed by atoms with Crippen LogP contribution in [0.4, 0.5) is 0 Å². The lowest BCUT2D eigenvalue weighted by molar-refractivity contribution is 0.356. The molecule has 1 aliphatic rings. The predicted molar refractivity (Wildman–Crippen MR) is 64.3 cm³/mol. The smallest absolute Gasteiger partial charge is 0.0233 e. The first-order chi connectivity index (χ1) is 6.86. The molecule has 0 aliphatic heterocycles. The highest BCUT2D eigenvalue weighted by Crippen LogP contribution is 2.30. The van der Waals surface area contributed by atoms with Gasteiger partial charge >= 0.3 is 0 Å². The Labute approximate surface area is 89.1 Å². The summed E-state index contributed by atoms with van der Waals surface area (Å²) in [7, 11) is 0. The summed E-state index contributed by atoms with van der Waals surface area (Å²) in [5.74, 6) is 1.75. The summed E-state index contributed by atoms with van der Waals surface area (Å²) in [6, 6.07) is 0. The molecule has 0 amide bonds. The molecule has 0 unspecified atom stereocenters. The average Bonchev–Trinajstić information content (AvgIpc) is 2.21. The van der Waals surface area contributed by atoms with E-state index in [0.29, 0.717) is 0 Å². The first-order valence-electron chi connectivity index (χ1n) is 6.16. The van der Waals surface area contributed by atoms with E-state index in [9.17, 15) is 0 Å². The quantitative estimate of drug-likeness (QED) is 0.565. The van der Waals surface area contributed by atoms with Crippen molar-refractivity contribution < 1.29 is 0 Å². The highest BCUT2D eigenvalue weighted by Gasteiger charge is 2.16. The Hall–Kier alpha value is -0.520. The molecule has 0 spiro atoms. The van der Waals surface area contributed by atoms with Crippen LogP contribution in [0.1, 0.15) is 52.4 Å². The van der Waals surface area contributed by atoms with Crippen LogP contribution in [0.3, 0.4) is 0 Å². The van der Waals surface area contributed by atoms with Gasteiger partial charge in [0, 0.05) is 0 Å². The van der Waals surface area contributed by atoms with Crippen LogP contribution in [-0.2, 0) is 0 Å². The Morgan fingerprint density at radius 1 is 1.00 bits per heavy atom. The van der Waals surface area contributed by atoms with E-state index in [4.69, 9.17) is 0 Å². The summed E-state index contributed by atoms with van der Waals surface area (Å²) in [5, 5.41) is 0. The van der Waals surface area contributed by atoms with Crippen molar-refractivity contribution in [1.29, 1.82) is 0 Å². The highest BCUT2D eigenvalue weighted by atomic mass is 14.2. The zero-order valence-corrected chi connectivity index (χ0v) is 9.71. The Morgan fingerprint density at radius 3 is 2.07 bits per heavy atom. The molecule has 0 aromatic carbocycles. The van der Waals surface area contributed by atoms with E-state index in [0.717, 1.165) is 11.8 Å². The summed E-state index contributed by atoms with van der Waals surface area (Å²) in [4.78, 5) is 0. The third kappa shape index (κ3) is 4.13. The second kappa shape index (κ2) is 6.86. The maximum absolute atomic E-state index is 2.45. The summed E-state index contributed by atoms with van der Waals surface area (Å²) < 4.78 is 0. The van der Waals surface area contributed by atoms with Gasteiger partial charge in [0.05, 0.1) is 0 Å². The molecule has 0 aromatic rings. The maximum Gasteiger partial charge on any atom is -0.0233 e. The van der Waals surface area contributed by atoms with Gasteiger partial charge in [0.25, 0.3) is 0 Å². The van der Waals surface area contributed by atoms with Gasteiger partial charge in [-0.3, -0.25) is 0 Å². The molecule has 0 N–H and O–H groups in total. The fraction of sp³-hybridized carbons (Fsp3) is 0.714. The molecule has 1 saturated carbocycles. The second-order valence-corrected chi connectivity index (χ2v) is 4.42. The van der Waals surface area contributed by atoms with E-state index in [2.05, 4.69) is 38.2 Å². The molecule has 1 aliphatic carbocycles. The van der Waals surface area contributed by atoms with Crippen LogP contribution in [0, 0.1) is 11.8 Å². The van der Waals surface area contributed by atoms with Gasteiger partial charge in [0.1, 0.15) is 0 Å². The minimum Gasteiger partial charge on any atom is -0.0914 e. The molecule has 0 aromatic heterocycles. The third-order valence-corrected chi connectivity index (χ3v) is 3.14. The van der Waals surface area contributed by atoms with Crippen LogP contribution in [0.2, 0.25) is 0 Å². The molecule has 14 heavy (non-hydrogen) atoms. The standard InChI is InChI=1S/C14H24/c1-3-5-6-8-14-11-9-13(7-4-2)10-12-14/h4,6-8,13-14H,3,5,9-12H2,1-2H3/b7-4+,8-6+. The van der Waals surface area contributed by atoms with Crippen molar-refractivity contribution in [2.45, 2.75) is 52.4 Å². The van der Waals surface area contributed by atoms with Gasteiger partial charge < -0.3 is 0 Å². The van der Waals surface area contributed by atoms with Gasteiger partial charge in [-0.15, -0.1) is 0 Å². The van der Waals surface area contributed by atoms with E-state index in [1.54, 1.807) is 0 Å². The fourth-order valence-electron chi connectivity index (χ4n) is 2.26. The van der Waals surface area contributed by atoms with E-state index in [-0.39, 0.29) is 0 Å². The Morgan fingerprint density at radius 2 is 1.57 bits per heavy atom. The van der Waals surface area contributed by atoms with Crippen LogP contribution < -0.4 is 0 Å². The fourth-order valence-corrected chi connectivity index (χ4v) is 2.26. The first kappa shape index (κ1) is 11.6. The van der Waals surface area contributed by atoms with E-state index in [1.165, 1.54) is 38.5 Å². The van der Waals surface area contributed by atoms with E-state index < -0.39 is 0 Å². The third-order valence-electron chi connectivity index (χ3n) is 3.14. The molecular formula is C14H24. The molecule has 0 heterocycles. The summed E-state index contributed by atoms with van der Waals surface area (Å²) in [6.45, 7) is 4.38. The number of hydrogen-bond acceptors (Lipinski definition) is 0. The van der Waals surface area contributed by atoms with Crippen molar-refractivity contribution in [2.75, 3.05) is 0 Å². The van der Waals surface area contributed by atoms with Gasteiger partial charge in [-0.1, -0.05) is 37.6 Å². The molecule has 80 valence electrons. The average molecular weight is 192 g/mol. The van der Waals surface area contributed by atoms with Crippen LogP contribution in [0.5, 0.6) is 0 Å². The van der Waals surface area contributed by atoms with Crippen LogP contribution in [-0.4, -0.2) is 0 Å². The van der Waals surface area contributed by atoms with Crippen molar-refractivity contribution in [2.24, 2.45) is 11.8 Å². The zero-order valence-electron chi connectivity index (χ0n) is 9.71. The topological polar surface area (TPSA) is 0 Å². The highest BCUT2D eigenvalue weighted by molar-refractivity contribution is 4.95. The van der Waals surface area contributed by atoms with Gasteiger partial charge in [-0.25, -0.2) is 0 Å². The SMILES string of the molecule is C/C=C/C1CCC(/C=C/CCC)CC1. The molecular weight excluding hydrogens is 168 g/mol. The van der Waals surface area contributed by atoms with Crippen molar-refractivity contribution in [3.05, 3.63) is 24.3 Å². The normalized spacial score (nSPS) is 29.0. The largest absolute Gasteiger partial charge is 0.0914 e. The second-order valence-electron chi connectivity index (χ2n) is 4.42. The number of allylic oxidation sites excluding steroid dienone is 4. The number of unbranched alkanes of at least 4 members (excludes halogenated alkanes) is 1. The minimum atomic E-state index is 0.871. The summed E-state index contributed by atoms with van der Waals surface area (Å²) in [5.41, 5.74) is 0. The van der Waals surface area contributed by atoms with Crippen LogP contribution >= 0.6 is 0 Å². The zero-order chi connectivity index (χ0) is 10.2. The Kier molecular flexibility index (Phi) is 5.66. The van der Waals surface area contributed by atoms with Gasteiger partial charge in [-0.2, -0.15) is 0 Å². The lowest BCUT2D eigenvalue weighted by Gasteiger charge is -2.24. The Balaban J connectivity index is 2.21. The van der Waals surface area contributed by atoms with Crippen molar-refractivity contribution in [1.82, 2.24) is 0 Å². The minimum absolute atomic E-state index is 0.871. The molecule has 0 bridgehead atoms. The lowest BCUT2D eigenvalue weighted by atomic mass is 9.81. The van der Waals surface area contributed by atoms with Crippen molar-refractivity contribution in [3.63, 3.8) is 0 Å². The number of rotatable bonds is 4. The van der Waals surface area contributed by atoms with Crippen LogP contribution in [0.15, 0.2) is 24.3 Å². The van der Waals surface area contributed by atoms with E-state index >= 15 is 0 Å². The first-order valence-corrected chi connectivity index (χ1v) is 6.16. The summed E-state index contributed by atoms with van der Waals surface area (Å²) >= 11 is 0. The summed E-state index contributed by atoms with van der Waals surface area (Å²) in [6.07, 6.45) is 17.5. The molecule has 0 radical (unpaired) electrons. The van der Waals surface area contributed by atoms with Crippen LogP contribution in [0.25, 0.3) is 0 Å². The van der Waals surface area contributed by atoms with Gasteiger partial charge in [0.2, 0.25) is 0 Å². The monoisotopic (exact) mass is 192 g/mol.